The average molecular weight is 1000 g/mol. The highest BCUT2D eigenvalue weighted by molar-refractivity contribution is 5.91. The van der Waals surface area contributed by atoms with Crippen LogP contribution in [-0.4, -0.2) is 114 Å². The van der Waals surface area contributed by atoms with Gasteiger partial charge in [0.1, 0.15) is 24.8 Å². The number of carboxylic acids is 2. The zero-order valence-electron chi connectivity index (χ0n) is 46.3. The molecule has 1 rings (SSSR count). The molecule has 0 spiro atoms. The normalized spacial score (nSPS) is 19.3. The van der Waals surface area contributed by atoms with Crippen LogP contribution in [0.25, 0.3) is 0 Å². The average Bonchev–Trinajstić information content (AvgIpc) is 3.38. The van der Waals surface area contributed by atoms with Gasteiger partial charge in [-0.15, -0.1) is 0 Å². The maximum absolute atomic E-state index is 14.4. The van der Waals surface area contributed by atoms with Gasteiger partial charge in [0.25, 0.3) is 0 Å². The molecule has 18 heteroatoms. The Hall–Kier alpha value is -4.32. The molecular weight excluding hydrogens is 909 g/mol. The first-order chi connectivity index (χ1) is 35.6. The minimum Gasteiger partial charge on any atom is -0.481 e. The Bertz CT molecular complexity index is 1590. The molecule has 0 aromatic rings. The van der Waals surface area contributed by atoms with E-state index >= 15 is 0 Å². The van der Waals surface area contributed by atoms with Gasteiger partial charge in [0, 0.05) is 45.4 Å². The monoisotopic (exact) mass is 1000 g/mol. The zero-order chi connectivity index (χ0) is 54.9. The van der Waals surface area contributed by atoms with Gasteiger partial charge >= 0.3 is 35.8 Å². The molecule has 2 amide bonds. The van der Waals surface area contributed by atoms with Gasteiger partial charge in [-0.2, -0.15) is 0 Å². The summed E-state index contributed by atoms with van der Waals surface area (Å²) in [6.45, 7) is -1.01. The highest BCUT2D eigenvalue weighted by Crippen LogP contribution is 2.30. The number of amides is 2. The van der Waals surface area contributed by atoms with Gasteiger partial charge in [-0.1, -0.05) is 168 Å². The predicted octanol–water partition coefficient (Wildman–Crippen LogP) is 8.80. The fourth-order valence-electron chi connectivity index (χ4n) is 8.51. The minimum atomic E-state index is -1.94. The fourth-order valence-corrected chi connectivity index (χ4v) is 8.51. The Morgan fingerprint density at radius 2 is 0.929 bits per heavy atom. The molecule has 404 valence electrons. The number of rotatable bonds is 42. The van der Waals surface area contributed by atoms with Crippen LogP contribution in [0, 0.1) is 5.92 Å². The van der Waals surface area contributed by atoms with Crippen molar-refractivity contribution in [1.29, 1.82) is 0 Å². The van der Waals surface area contributed by atoms with Crippen LogP contribution in [0.15, 0.2) is 0 Å². The van der Waals surface area contributed by atoms with E-state index in [-0.39, 0.29) is 0 Å². The first-order valence-electron chi connectivity index (χ1n) is 28.7. The molecule has 1 fully saturated rings. The number of aliphatic carboxylic acids is 2. The highest BCUT2D eigenvalue weighted by Gasteiger charge is 2.53. The molecule has 0 aliphatic carbocycles. The zero-order valence-corrected chi connectivity index (χ0v) is 42.3. The summed E-state index contributed by atoms with van der Waals surface area (Å²) in [6, 6.07) is -3.44. The van der Waals surface area contributed by atoms with Crippen molar-refractivity contribution in [2.75, 3.05) is 13.2 Å². The quantitative estimate of drug-likeness (QED) is 0.0253. The standard InChI is InChI=1S/C52H90N2O16/c1-7-9-11-13-15-17-19-21-23-25-27-29-31-41(32-30-28-26-24-22-20-18-16-14-12-10-8-2)49(61)54-43(50(62)53-42(51(63)64)33-34-45(59)60)35-66-52-48(69-40(6)58)47(68-39(5)57)46(67-38(4)56)44(70-52)36-65-37(3)55/h41-44,46-48,52H,7-36H2,1-6H3,(H,53,62)(H,54,61)(H,59,60)(H,63,64)/t42-,43+,44+,46+,47-,48-,52?/m0/s1/i3D,4D,5D,6D. The number of carboxylic acid groups (broad SMARTS) is 2. The van der Waals surface area contributed by atoms with E-state index in [1.807, 2.05) is 0 Å². The summed E-state index contributed by atoms with van der Waals surface area (Å²) in [5.41, 5.74) is 0. The van der Waals surface area contributed by atoms with E-state index in [1.165, 1.54) is 89.9 Å². The molecule has 7 atom stereocenters. The SMILES string of the molecule is [2H]CC(=O)OC[C@H]1OC(OC[C@@H](NC(=O)C(CCCCCCCCCCCCCC)CCCCCCCCCCCCCC)C(=O)N[C@@H](CCC(=O)O)C(=O)O)[C@@H](OC(=O)C[2H])[C@@H](OC(=O)C[2H])[C@@H]1OC(=O)C[2H]. The van der Waals surface area contributed by atoms with Crippen LogP contribution in [0.2, 0.25) is 0 Å². The van der Waals surface area contributed by atoms with E-state index < -0.39 is 150 Å². The number of carbonyl (C=O) groups excluding carboxylic acids is 6. The van der Waals surface area contributed by atoms with Crippen molar-refractivity contribution in [3.63, 3.8) is 0 Å². The third-order valence-corrected chi connectivity index (χ3v) is 12.3. The van der Waals surface area contributed by atoms with Crippen molar-refractivity contribution in [3.05, 3.63) is 0 Å². The van der Waals surface area contributed by atoms with E-state index in [0.29, 0.717) is 12.8 Å². The van der Waals surface area contributed by atoms with Crippen LogP contribution in [0.5, 0.6) is 0 Å². The maximum atomic E-state index is 14.4. The van der Waals surface area contributed by atoms with E-state index in [9.17, 15) is 48.6 Å². The number of hydrogen-bond donors (Lipinski definition) is 4. The lowest BCUT2D eigenvalue weighted by molar-refractivity contribution is -0.308. The molecule has 18 nitrogen and oxygen atoms in total. The van der Waals surface area contributed by atoms with Gasteiger partial charge in [0.2, 0.25) is 11.8 Å². The molecule has 1 aliphatic rings. The number of ether oxygens (including phenoxy) is 6. The van der Waals surface area contributed by atoms with E-state index in [0.717, 1.165) is 64.2 Å². The first-order valence-corrected chi connectivity index (χ1v) is 25.9. The second-order valence-electron chi connectivity index (χ2n) is 18.4. The number of unbranched alkanes of at least 4 members (excludes halogenated alkanes) is 22. The lowest BCUT2D eigenvalue weighted by Crippen LogP contribution is -2.63. The number of nitrogens with one attached hydrogen (secondary N) is 2. The van der Waals surface area contributed by atoms with Crippen LogP contribution >= 0.6 is 0 Å². The molecule has 0 aromatic carbocycles. The molecule has 1 unspecified atom stereocenters. The number of hydrogen-bond acceptors (Lipinski definition) is 14. The summed E-state index contributed by atoms with van der Waals surface area (Å²) in [5.74, 6) is -9.80. The first kappa shape index (κ1) is 56.6. The number of carbonyl (C=O) groups is 8. The summed E-state index contributed by atoms with van der Waals surface area (Å²) >= 11 is 0. The largest absolute Gasteiger partial charge is 0.481 e. The molecule has 0 bridgehead atoms. The molecule has 4 N–H and O–H groups in total. The summed E-state index contributed by atoms with van der Waals surface area (Å²) in [6.07, 6.45) is 17.6. The predicted molar refractivity (Wildman–Crippen MR) is 261 cm³/mol. The fraction of sp³-hybridized carbons (Fsp3) is 0.846. The van der Waals surface area contributed by atoms with E-state index in [1.54, 1.807) is 0 Å². The van der Waals surface area contributed by atoms with Crippen LogP contribution in [0.4, 0.5) is 0 Å². The van der Waals surface area contributed by atoms with Gasteiger partial charge in [-0.25, -0.2) is 4.79 Å². The Morgan fingerprint density at radius 1 is 0.514 bits per heavy atom. The van der Waals surface area contributed by atoms with Crippen molar-refractivity contribution >= 4 is 47.6 Å². The van der Waals surface area contributed by atoms with Gasteiger partial charge in [-0.05, 0) is 19.3 Å². The second kappa shape index (κ2) is 39.3. The highest BCUT2D eigenvalue weighted by atomic mass is 16.7. The molecule has 0 saturated carbocycles. The summed E-state index contributed by atoms with van der Waals surface area (Å²) in [7, 11) is 0. The second-order valence-corrected chi connectivity index (χ2v) is 18.4. The van der Waals surface area contributed by atoms with Crippen LogP contribution in [0.1, 0.15) is 227 Å². The van der Waals surface area contributed by atoms with Crippen molar-refractivity contribution < 1.29 is 82.5 Å². The van der Waals surface area contributed by atoms with Crippen LogP contribution < -0.4 is 10.6 Å². The third kappa shape index (κ3) is 30.4. The van der Waals surface area contributed by atoms with E-state index in [4.69, 9.17) is 33.9 Å². The van der Waals surface area contributed by atoms with Crippen LogP contribution in [0.3, 0.4) is 0 Å². The summed E-state index contributed by atoms with van der Waals surface area (Å²) in [4.78, 5) is 102. The van der Waals surface area contributed by atoms with Gasteiger partial charge < -0.3 is 49.3 Å². The lowest BCUT2D eigenvalue weighted by Gasteiger charge is -2.44. The molecule has 70 heavy (non-hydrogen) atoms. The lowest BCUT2D eigenvalue weighted by atomic mass is 9.92. The Morgan fingerprint density at radius 3 is 1.36 bits per heavy atom. The summed E-state index contributed by atoms with van der Waals surface area (Å²) in [5, 5.41) is 24.2. The third-order valence-electron chi connectivity index (χ3n) is 12.3. The molecule has 0 radical (unpaired) electrons. The van der Waals surface area contributed by atoms with Crippen LogP contribution in [-0.2, 0) is 66.8 Å². The number of esters is 4. The smallest absolute Gasteiger partial charge is 0.326 e. The topological polar surface area (TPSA) is 256 Å². The van der Waals surface area contributed by atoms with Gasteiger partial charge in [-0.3, -0.25) is 33.6 Å². The molecule has 1 saturated heterocycles. The van der Waals surface area contributed by atoms with Gasteiger partial charge in [0.15, 0.2) is 24.6 Å². The summed E-state index contributed by atoms with van der Waals surface area (Å²) < 4.78 is 63.3. The molecule has 1 heterocycles. The van der Waals surface area contributed by atoms with Gasteiger partial charge in [0.05, 0.1) is 6.61 Å². The van der Waals surface area contributed by atoms with Crippen molar-refractivity contribution in [2.24, 2.45) is 5.92 Å². The molecular formula is C52H90N2O16. The Kier molecular flexibility index (Phi) is 31.8. The van der Waals surface area contributed by atoms with Crippen molar-refractivity contribution in [3.8, 4) is 0 Å². The Labute approximate surface area is 423 Å². The minimum absolute atomic E-state index is 0.490. The molecule has 1 aliphatic heterocycles. The maximum Gasteiger partial charge on any atom is 0.326 e. The van der Waals surface area contributed by atoms with Crippen molar-refractivity contribution in [2.45, 2.75) is 264 Å². The van der Waals surface area contributed by atoms with E-state index in [2.05, 4.69) is 24.5 Å². The Balaban J connectivity index is 3.50. The van der Waals surface area contributed by atoms with Crippen molar-refractivity contribution in [1.82, 2.24) is 10.6 Å². The molecule has 0 aromatic heterocycles.